The van der Waals surface area contributed by atoms with Crippen molar-refractivity contribution in [2.75, 3.05) is 6.54 Å². The van der Waals surface area contributed by atoms with E-state index in [9.17, 15) is 0 Å². The Balaban J connectivity index is 1.53. The smallest absolute Gasteiger partial charge is 0.0406 e. The number of fused-ring (bicyclic) bond motifs is 1. The third-order valence-corrected chi connectivity index (χ3v) is 3.90. The molecule has 0 unspecified atom stereocenters. The Morgan fingerprint density at radius 1 is 0.762 bits per heavy atom. The molecule has 21 heavy (non-hydrogen) atoms. The summed E-state index contributed by atoms with van der Waals surface area (Å²) in [7, 11) is 0. The van der Waals surface area contributed by atoms with Crippen molar-refractivity contribution in [2.45, 2.75) is 13.0 Å². The molecule has 1 nitrogen and oxygen atoms in total. The molecule has 1 N–H and O–H groups in total. The minimum atomic E-state index is 0.794. The summed E-state index contributed by atoms with van der Waals surface area (Å²) >= 11 is 5.89. The Hall–Kier alpha value is -1.83. The van der Waals surface area contributed by atoms with E-state index in [0.29, 0.717) is 0 Å². The fourth-order valence-corrected chi connectivity index (χ4v) is 2.59. The normalized spacial score (nSPS) is 10.9. The van der Waals surface area contributed by atoms with Gasteiger partial charge in [-0.2, -0.15) is 0 Å². The highest BCUT2D eigenvalue weighted by molar-refractivity contribution is 6.30. The van der Waals surface area contributed by atoms with Crippen LogP contribution in [0.2, 0.25) is 5.02 Å². The molecule has 0 bridgehead atoms. The van der Waals surface area contributed by atoms with Crippen molar-refractivity contribution in [3.8, 4) is 0 Å². The van der Waals surface area contributed by atoms with Gasteiger partial charge in [0.1, 0.15) is 0 Å². The van der Waals surface area contributed by atoms with Crippen LogP contribution in [0.25, 0.3) is 10.8 Å². The average Bonchev–Trinajstić information content (AvgIpc) is 2.53. The van der Waals surface area contributed by atoms with Gasteiger partial charge in [-0.25, -0.2) is 0 Å². The molecule has 0 aliphatic rings. The van der Waals surface area contributed by atoms with Crippen LogP contribution in [0.3, 0.4) is 0 Å². The van der Waals surface area contributed by atoms with Crippen LogP contribution in [0.4, 0.5) is 0 Å². The highest BCUT2D eigenvalue weighted by Crippen LogP contribution is 2.15. The van der Waals surface area contributed by atoms with Crippen LogP contribution < -0.4 is 5.32 Å². The van der Waals surface area contributed by atoms with E-state index in [1.807, 2.05) is 12.1 Å². The predicted molar refractivity (Wildman–Crippen MR) is 90.8 cm³/mol. The number of hydrogen-bond acceptors (Lipinski definition) is 1. The minimum absolute atomic E-state index is 0.794. The number of rotatable bonds is 5. The summed E-state index contributed by atoms with van der Waals surface area (Å²) in [6, 6.07) is 23.2. The minimum Gasteiger partial charge on any atom is -0.312 e. The van der Waals surface area contributed by atoms with Crippen LogP contribution in [0, 0.1) is 0 Å². The van der Waals surface area contributed by atoms with Crippen LogP contribution in [-0.2, 0) is 13.0 Å². The average molecular weight is 296 g/mol. The predicted octanol–water partition coefficient (Wildman–Crippen LogP) is 4.83. The monoisotopic (exact) mass is 295 g/mol. The Kier molecular flexibility index (Phi) is 4.54. The van der Waals surface area contributed by atoms with E-state index >= 15 is 0 Å². The summed E-state index contributed by atoms with van der Waals surface area (Å²) < 4.78 is 0. The summed E-state index contributed by atoms with van der Waals surface area (Å²) in [4.78, 5) is 0. The topological polar surface area (TPSA) is 12.0 Å². The Morgan fingerprint density at radius 3 is 2.29 bits per heavy atom. The molecule has 3 aromatic carbocycles. The van der Waals surface area contributed by atoms with Crippen molar-refractivity contribution < 1.29 is 0 Å². The van der Waals surface area contributed by atoms with Gasteiger partial charge in [0.15, 0.2) is 0 Å². The van der Waals surface area contributed by atoms with Gasteiger partial charge in [0.25, 0.3) is 0 Å². The molecule has 0 saturated heterocycles. The zero-order valence-electron chi connectivity index (χ0n) is 11.9. The van der Waals surface area contributed by atoms with Crippen LogP contribution in [0.15, 0.2) is 66.7 Å². The van der Waals surface area contributed by atoms with Gasteiger partial charge in [0.05, 0.1) is 0 Å². The molecule has 3 rings (SSSR count). The van der Waals surface area contributed by atoms with E-state index < -0.39 is 0 Å². The molecule has 106 valence electrons. The van der Waals surface area contributed by atoms with E-state index in [4.69, 9.17) is 11.6 Å². The highest BCUT2D eigenvalue weighted by atomic mass is 35.5. The quantitative estimate of drug-likeness (QED) is 0.665. The molecule has 0 amide bonds. The van der Waals surface area contributed by atoms with Crippen LogP contribution in [0.5, 0.6) is 0 Å². The fraction of sp³-hybridized carbons (Fsp3) is 0.158. The molecule has 0 atom stereocenters. The lowest BCUT2D eigenvalue weighted by atomic mass is 10.1. The molecule has 0 fully saturated rings. The fourth-order valence-electron chi connectivity index (χ4n) is 2.47. The van der Waals surface area contributed by atoms with Gasteiger partial charge in [-0.05, 0) is 53.1 Å². The van der Waals surface area contributed by atoms with Gasteiger partial charge in [-0.15, -0.1) is 0 Å². The molecule has 0 saturated carbocycles. The molecule has 0 aromatic heterocycles. The van der Waals surface area contributed by atoms with Crippen molar-refractivity contribution in [3.05, 3.63) is 82.9 Å². The van der Waals surface area contributed by atoms with Gasteiger partial charge in [-0.3, -0.25) is 0 Å². The molecule has 0 radical (unpaired) electrons. The third-order valence-electron chi connectivity index (χ3n) is 3.65. The van der Waals surface area contributed by atoms with Crippen molar-refractivity contribution in [1.82, 2.24) is 5.32 Å². The Morgan fingerprint density at radius 2 is 1.48 bits per heavy atom. The number of hydrogen-bond donors (Lipinski definition) is 1. The second kappa shape index (κ2) is 6.75. The van der Waals surface area contributed by atoms with Crippen molar-refractivity contribution in [1.29, 1.82) is 0 Å². The SMILES string of the molecule is Clc1ccc(CCNCc2ccc3ccccc3c2)cc1. The van der Waals surface area contributed by atoms with Gasteiger partial charge >= 0.3 is 0 Å². The maximum atomic E-state index is 5.89. The van der Waals surface area contributed by atoms with Gasteiger partial charge in [0, 0.05) is 11.6 Å². The number of halogens is 1. The molecule has 0 heterocycles. The van der Waals surface area contributed by atoms with E-state index in [2.05, 4.69) is 59.9 Å². The summed E-state index contributed by atoms with van der Waals surface area (Å²) in [6.07, 6.45) is 1.02. The first kappa shape index (κ1) is 14.1. The molecular formula is C19H18ClN. The molecule has 0 aliphatic heterocycles. The first-order valence-corrected chi connectivity index (χ1v) is 7.62. The Labute approximate surface area is 130 Å². The zero-order chi connectivity index (χ0) is 14.5. The van der Waals surface area contributed by atoms with Gasteiger partial charge in [0.2, 0.25) is 0 Å². The maximum Gasteiger partial charge on any atom is 0.0406 e. The second-order valence-electron chi connectivity index (χ2n) is 5.23. The molecule has 0 spiro atoms. The standard InChI is InChI=1S/C19H18ClN/c20-19-9-6-15(7-10-19)11-12-21-14-16-5-8-17-3-1-2-4-18(17)13-16/h1-10,13,21H,11-12,14H2. The van der Waals surface area contributed by atoms with E-state index in [0.717, 1.165) is 24.5 Å². The van der Waals surface area contributed by atoms with Crippen LogP contribution in [0.1, 0.15) is 11.1 Å². The van der Waals surface area contributed by atoms with Gasteiger partial charge < -0.3 is 5.32 Å². The van der Waals surface area contributed by atoms with Crippen molar-refractivity contribution in [3.63, 3.8) is 0 Å². The van der Waals surface area contributed by atoms with Crippen molar-refractivity contribution >= 4 is 22.4 Å². The maximum absolute atomic E-state index is 5.89. The number of nitrogens with one attached hydrogen (secondary N) is 1. The second-order valence-corrected chi connectivity index (χ2v) is 5.67. The largest absolute Gasteiger partial charge is 0.312 e. The Bertz CT molecular complexity index is 719. The molecular weight excluding hydrogens is 278 g/mol. The lowest BCUT2D eigenvalue weighted by Crippen LogP contribution is -2.16. The summed E-state index contributed by atoms with van der Waals surface area (Å²) in [6.45, 7) is 1.87. The van der Waals surface area contributed by atoms with E-state index in [1.54, 1.807) is 0 Å². The first-order valence-electron chi connectivity index (χ1n) is 7.24. The first-order chi connectivity index (χ1) is 10.3. The number of benzene rings is 3. The summed E-state index contributed by atoms with van der Waals surface area (Å²) in [5.74, 6) is 0. The molecule has 3 aromatic rings. The lowest BCUT2D eigenvalue weighted by molar-refractivity contribution is 0.687. The van der Waals surface area contributed by atoms with Crippen LogP contribution >= 0.6 is 11.6 Å². The summed E-state index contributed by atoms with van der Waals surface area (Å²) in [5.41, 5.74) is 2.63. The van der Waals surface area contributed by atoms with Crippen LogP contribution in [-0.4, -0.2) is 6.54 Å². The molecule has 0 aliphatic carbocycles. The van der Waals surface area contributed by atoms with E-state index in [-0.39, 0.29) is 0 Å². The van der Waals surface area contributed by atoms with Gasteiger partial charge in [-0.1, -0.05) is 60.1 Å². The lowest BCUT2D eigenvalue weighted by Gasteiger charge is -2.07. The van der Waals surface area contributed by atoms with Crippen molar-refractivity contribution in [2.24, 2.45) is 0 Å². The molecule has 2 heteroatoms. The van der Waals surface area contributed by atoms with E-state index in [1.165, 1.54) is 21.9 Å². The highest BCUT2D eigenvalue weighted by Gasteiger charge is 1.97. The zero-order valence-corrected chi connectivity index (χ0v) is 12.6. The third kappa shape index (κ3) is 3.84. The summed E-state index contributed by atoms with van der Waals surface area (Å²) in [5, 5.41) is 6.89.